The maximum Gasteiger partial charge on any atom is 0.230 e. The first kappa shape index (κ1) is 14.5. The highest BCUT2D eigenvalue weighted by Crippen LogP contribution is 2.41. The molecule has 2 saturated heterocycles. The molecule has 0 unspecified atom stereocenters. The molecule has 21 heavy (non-hydrogen) atoms. The summed E-state index contributed by atoms with van der Waals surface area (Å²) in [6, 6.07) is 6.48. The van der Waals surface area contributed by atoms with Crippen molar-refractivity contribution in [2.45, 2.75) is 45.7 Å². The summed E-state index contributed by atoms with van der Waals surface area (Å²) in [6.45, 7) is 8.04. The fraction of sp³-hybridized carbons (Fsp3) is 0.647. The summed E-state index contributed by atoms with van der Waals surface area (Å²) >= 11 is 0. The quantitative estimate of drug-likeness (QED) is 0.852. The number of hydrogen-bond donors (Lipinski definition) is 0. The van der Waals surface area contributed by atoms with Gasteiger partial charge in [-0.3, -0.25) is 14.7 Å². The lowest BCUT2D eigenvalue weighted by Crippen LogP contribution is -2.38. The van der Waals surface area contributed by atoms with Gasteiger partial charge in [0.05, 0.1) is 17.7 Å². The van der Waals surface area contributed by atoms with Crippen molar-refractivity contribution in [2.24, 2.45) is 5.41 Å². The molecule has 2 aliphatic heterocycles. The fourth-order valence-corrected chi connectivity index (χ4v) is 3.65. The SMILES string of the molecule is CC[C@H](C)N1CC[C@]2(CCN(Cc3ccccn3)C2=O)C1. The molecule has 0 bridgehead atoms. The molecular weight excluding hydrogens is 262 g/mol. The van der Waals surface area contributed by atoms with Crippen LogP contribution < -0.4 is 0 Å². The van der Waals surface area contributed by atoms with E-state index < -0.39 is 0 Å². The average Bonchev–Trinajstić information content (AvgIpc) is 3.08. The molecule has 3 rings (SSSR count). The molecule has 114 valence electrons. The second-order valence-corrected chi connectivity index (χ2v) is 6.56. The minimum atomic E-state index is -0.113. The molecule has 3 heterocycles. The zero-order valence-corrected chi connectivity index (χ0v) is 13.1. The van der Waals surface area contributed by atoms with Gasteiger partial charge in [0, 0.05) is 25.3 Å². The highest BCUT2D eigenvalue weighted by Gasteiger charge is 2.50. The Hall–Kier alpha value is -1.42. The lowest BCUT2D eigenvalue weighted by molar-refractivity contribution is -0.136. The van der Waals surface area contributed by atoms with Gasteiger partial charge in [-0.15, -0.1) is 0 Å². The van der Waals surface area contributed by atoms with Crippen LogP contribution in [0.25, 0.3) is 0 Å². The minimum Gasteiger partial charge on any atom is -0.336 e. The molecule has 4 heteroatoms. The summed E-state index contributed by atoms with van der Waals surface area (Å²) in [5.41, 5.74) is 0.873. The van der Waals surface area contributed by atoms with Gasteiger partial charge in [0.15, 0.2) is 0 Å². The Morgan fingerprint density at radius 3 is 2.86 bits per heavy atom. The lowest BCUT2D eigenvalue weighted by Gasteiger charge is -2.26. The number of carbonyl (C=O) groups is 1. The van der Waals surface area contributed by atoms with Gasteiger partial charge < -0.3 is 4.90 Å². The van der Waals surface area contributed by atoms with Crippen molar-refractivity contribution < 1.29 is 4.79 Å². The van der Waals surface area contributed by atoms with Crippen LogP contribution in [-0.4, -0.2) is 46.4 Å². The zero-order chi connectivity index (χ0) is 14.9. The maximum atomic E-state index is 12.9. The van der Waals surface area contributed by atoms with E-state index in [1.165, 1.54) is 0 Å². The third-order valence-electron chi connectivity index (χ3n) is 5.28. The predicted octanol–water partition coefficient (Wildman–Crippen LogP) is 2.30. The van der Waals surface area contributed by atoms with Crippen molar-refractivity contribution in [1.29, 1.82) is 0 Å². The van der Waals surface area contributed by atoms with E-state index in [2.05, 4.69) is 23.7 Å². The summed E-state index contributed by atoms with van der Waals surface area (Å²) in [4.78, 5) is 21.7. The van der Waals surface area contributed by atoms with E-state index in [1.54, 1.807) is 6.20 Å². The smallest absolute Gasteiger partial charge is 0.230 e. The first-order valence-corrected chi connectivity index (χ1v) is 8.08. The third-order valence-corrected chi connectivity index (χ3v) is 5.28. The fourth-order valence-electron chi connectivity index (χ4n) is 3.65. The van der Waals surface area contributed by atoms with Gasteiger partial charge in [0.1, 0.15) is 0 Å². The van der Waals surface area contributed by atoms with Gasteiger partial charge in [0.25, 0.3) is 0 Å². The summed E-state index contributed by atoms with van der Waals surface area (Å²) in [5.74, 6) is 0.346. The van der Waals surface area contributed by atoms with Crippen molar-refractivity contribution >= 4 is 5.91 Å². The predicted molar refractivity (Wildman–Crippen MR) is 82.6 cm³/mol. The monoisotopic (exact) mass is 287 g/mol. The van der Waals surface area contributed by atoms with Gasteiger partial charge in [0.2, 0.25) is 5.91 Å². The zero-order valence-electron chi connectivity index (χ0n) is 13.1. The lowest BCUT2D eigenvalue weighted by atomic mass is 9.85. The van der Waals surface area contributed by atoms with Crippen LogP contribution in [0, 0.1) is 5.41 Å². The van der Waals surface area contributed by atoms with E-state index in [0.29, 0.717) is 18.5 Å². The topological polar surface area (TPSA) is 36.4 Å². The maximum absolute atomic E-state index is 12.9. The Labute approximate surface area is 127 Å². The summed E-state index contributed by atoms with van der Waals surface area (Å²) in [5, 5.41) is 0. The summed E-state index contributed by atoms with van der Waals surface area (Å²) < 4.78 is 0. The average molecular weight is 287 g/mol. The van der Waals surface area contributed by atoms with Crippen LogP contribution in [0.5, 0.6) is 0 Å². The molecule has 1 amide bonds. The highest BCUT2D eigenvalue weighted by atomic mass is 16.2. The molecule has 2 aliphatic rings. The van der Waals surface area contributed by atoms with Crippen LogP contribution in [0.4, 0.5) is 0 Å². The Bertz CT molecular complexity index is 504. The molecule has 2 atom stereocenters. The Balaban J connectivity index is 1.67. The first-order valence-electron chi connectivity index (χ1n) is 8.08. The number of pyridine rings is 1. The van der Waals surface area contributed by atoms with Gasteiger partial charge >= 0.3 is 0 Å². The number of rotatable bonds is 4. The van der Waals surface area contributed by atoms with Crippen LogP contribution in [0.1, 0.15) is 38.8 Å². The van der Waals surface area contributed by atoms with Crippen molar-refractivity contribution in [3.05, 3.63) is 30.1 Å². The van der Waals surface area contributed by atoms with Crippen molar-refractivity contribution in [3.8, 4) is 0 Å². The van der Waals surface area contributed by atoms with Crippen LogP contribution >= 0.6 is 0 Å². The van der Waals surface area contributed by atoms with E-state index >= 15 is 0 Å². The standard InChI is InChI=1S/C17H25N3O/c1-3-14(2)20-11-8-17(13-20)7-10-19(16(17)21)12-15-6-4-5-9-18-15/h4-6,9,14H,3,7-8,10-13H2,1-2H3/t14-,17+/m0/s1. The van der Waals surface area contributed by atoms with E-state index in [4.69, 9.17) is 0 Å². The number of likely N-dealkylation sites (tertiary alicyclic amines) is 2. The van der Waals surface area contributed by atoms with Crippen molar-refractivity contribution in [1.82, 2.24) is 14.8 Å². The molecule has 1 aromatic rings. The molecule has 2 fully saturated rings. The normalized spacial score (nSPS) is 27.7. The first-order chi connectivity index (χ1) is 10.1. The van der Waals surface area contributed by atoms with Gasteiger partial charge in [-0.2, -0.15) is 0 Å². The number of nitrogens with zero attached hydrogens (tertiary/aromatic N) is 3. The van der Waals surface area contributed by atoms with Crippen LogP contribution in [0.15, 0.2) is 24.4 Å². The Morgan fingerprint density at radius 1 is 1.33 bits per heavy atom. The van der Waals surface area contributed by atoms with Crippen LogP contribution in [0.3, 0.4) is 0 Å². The van der Waals surface area contributed by atoms with E-state index in [1.807, 2.05) is 23.1 Å². The van der Waals surface area contributed by atoms with E-state index in [9.17, 15) is 4.79 Å². The molecule has 0 saturated carbocycles. The van der Waals surface area contributed by atoms with Crippen LogP contribution in [0.2, 0.25) is 0 Å². The summed E-state index contributed by atoms with van der Waals surface area (Å²) in [6.07, 6.45) is 4.98. The number of hydrogen-bond acceptors (Lipinski definition) is 3. The minimum absolute atomic E-state index is 0.113. The van der Waals surface area contributed by atoms with Gasteiger partial charge in [-0.1, -0.05) is 13.0 Å². The second-order valence-electron chi connectivity index (χ2n) is 6.56. The number of carbonyl (C=O) groups excluding carboxylic acids is 1. The Morgan fingerprint density at radius 2 is 2.14 bits per heavy atom. The molecule has 0 radical (unpaired) electrons. The second kappa shape index (κ2) is 5.76. The van der Waals surface area contributed by atoms with E-state index in [0.717, 1.165) is 44.6 Å². The summed E-state index contributed by atoms with van der Waals surface area (Å²) in [7, 11) is 0. The molecule has 1 aromatic heterocycles. The number of aromatic nitrogens is 1. The van der Waals surface area contributed by atoms with Crippen molar-refractivity contribution in [2.75, 3.05) is 19.6 Å². The van der Waals surface area contributed by atoms with Crippen molar-refractivity contribution in [3.63, 3.8) is 0 Å². The largest absolute Gasteiger partial charge is 0.336 e. The number of amides is 1. The molecule has 0 aromatic carbocycles. The molecule has 0 aliphatic carbocycles. The van der Waals surface area contributed by atoms with Crippen LogP contribution in [-0.2, 0) is 11.3 Å². The molecule has 1 spiro atoms. The third kappa shape index (κ3) is 2.69. The van der Waals surface area contributed by atoms with Gasteiger partial charge in [-0.05, 0) is 44.9 Å². The van der Waals surface area contributed by atoms with Gasteiger partial charge in [-0.25, -0.2) is 0 Å². The Kier molecular flexibility index (Phi) is 3.98. The highest BCUT2D eigenvalue weighted by molar-refractivity contribution is 5.85. The van der Waals surface area contributed by atoms with E-state index in [-0.39, 0.29) is 5.41 Å². The molecule has 4 nitrogen and oxygen atoms in total. The molecule has 0 N–H and O–H groups in total. The molecular formula is C17H25N3O.